The Bertz CT molecular complexity index is 2220. The summed E-state index contributed by atoms with van der Waals surface area (Å²) in [7, 11) is 3.25. The molecule has 6 aromatic rings. The van der Waals surface area contributed by atoms with E-state index in [-0.39, 0.29) is 25.6 Å². The molecule has 1 saturated heterocycles. The molecule has 12 nitrogen and oxygen atoms in total. The molecule has 0 unspecified atom stereocenters. The fourth-order valence-electron chi connectivity index (χ4n) is 6.74. The van der Waals surface area contributed by atoms with Crippen LogP contribution in [-0.4, -0.2) is 70.9 Å². The minimum atomic E-state index is -1.10. The number of hydrogen-bond acceptors (Lipinski definition) is 11. The number of amides is 1. The Hall–Kier alpha value is -5.91. The average Bonchev–Trinajstić information content (AvgIpc) is 3.84. The van der Waals surface area contributed by atoms with Crippen LogP contribution in [-0.2, 0) is 19.9 Å². The van der Waals surface area contributed by atoms with E-state index in [2.05, 4.69) is 16.4 Å². The van der Waals surface area contributed by atoms with Gasteiger partial charge in [-0.2, -0.15) is 10.2 Å². The molecule has 0 aliphatic carbocycles. The minimum absolute atomic E-state index is 0.0385. The van der Waals surface area contributed by atoms with Gasteiger partial charge >= 0.3 is 0 Å². The lowest BCUT2D eigenvalue weighted by Gasteiger charge is -2.37. The van der Waals surface area contributed by atoms with Crippen molar-refractivity contribution in [1.29, 1.82) is 5.26 Å². The molecule has 0 radical (unpaired) electrons. The Labute approximate surface area is 329 Å². The highest BCUT2D eigenvalue weighted by molar-refractivity contribution is 7.99. The predicted octanol–water partition coefficient (Wildman–Crippen LogP) is 7.13. The van der Waals surface area contributed by atoms with Gasteiger partial charge in [-0.1, -0.05) is 72.8 Å². The highest BCUT2D eigenvalue weighted by atomic mass is 32.2. The predicted molar refractivity (Wildman–Crippen MR) is 212 cm³/mol. The first kappa shape index (κ1) is 38.4. The van der Waals surface area contributed by atoms with Crippen LogP contribution in [0.25, 0.3) is 11.0 Å². The van der Waals surface area contributed by atoms with Crippen molar-refractivity contribution >= 4 is 34.7 Å². The first-order chi connectivity index (χ1) is 27.4. The Morgan fingerprint density at radius 2 is 1.52 bits per heavy atom. The number of nitriles is 1. The van der Waals surface area contributed by atoms with Crippen molar-refractivity contribution in [3.05, 3.63) is 138 Å². The zero-order chi connectivity index (χ0) is 38.9. The van der Waals surface area contributed by atoms with Crippen molar-refractivity contribution in [1.82, 2.24) is 14.5 Å². The molecule has 2 N–H and O–H groups in total. The highest BCUT2D eigenvalue weighted by Crippen LogP contribution is 2.43. The van der Waals surface area contributed by atoms with Gasteiger partial charge < -0.3 is 33.4 Å². The van der Waals surface area contributed by atoms with Gasteiger partial charge in [0.25, 0.3) is 5.91 Å². The van der Waals surface area contributed by atoms with Crippen molar-refractivity contribution in [2.45, 2.75) is 41.9 Å². The van der Waals surface area contributed by atoms with Crippen LogP contribution in [0.2, 0.25) is 0 Å². The second kappa shape index (κ2) is 17.7. The van der Waals surface area contributed by atoms with E-state index in [1.807, 2.05) is 114 Å². The number of hydrogen-bond donors (Lipinski definition) is 2. The number of methoxy groups -OCH3 is 2. The van der Waals surface area contributed by atoms with Crippen LogP contribution in [0, 0.1) is 11.3 Å². The molecule has 1 amide bonds. The lowest BCUT2D eigenvalue weighted by molar-refractivity contribution is -0.118. The van der Waals surface area contributed by atoms with Gasteiger partial charge in [0.2, 0.25) is 5.95 Å². The lowest BCUT2D eigenvalue weighted by atomic mass is 9.80. The number of para-hydroxylation sites is 1. The number of fused-ring (bicyclic) bond motifs is 1. The van der Waals surface area contributed by atoms with E-state index in [1.54, 1.807) is 26.4 Å². The maximum Gasteiger partial charge on any atom is 0.264 e. The van der Waals surface area contributed by atoms with E-state index in [1.165, 1.54) is 11.8 Å². The molecule has 56 heavy (non-hydrogen) atoms. The number of anilines is 1. The molecule has 3 atom stereocenters. The quantitative estimate of drug-likeness (QED) is 0.0448. The molecule has 2 aromatic heterocycles. The van der Waals surface area contributed by atoms with Gasteiger partial charge in [-0.15, -0.1) is 11.8 Å². The van der Waals surface area contributed by atoms with Crippen molar-refractivity contribution in [3.63, 3.8) is 0 Å². The molecule has 13 heteroatoms. The van der Waals surface area contributed by atoms with Gasteiger partial charge in [-0.3, -0.25) is 10.1 Å². The summed E-state index contributed by atoms with van der Waals surface area (Å²) in [4.78, 5) is 22.3. The fourth-order valence-corrected chi connectivity index (χ4v) is 7.59. The molecule has 286 valence electrons. The van der Waals surface area contributed by atoms with Crippen LogP contribution in [0.5, 0.6) is 17.2 Å². The molecule has 1 aliphatic rings. The number of thioether (sulfide) groups is 1. The Balaban J connectivity index is 1.17. The van der Waals surface area contributed by atoms with Crippen molar-refractivity contribution in [2.75, 3.05) is 38.5 Å². The van der Waals surface area contributed by atoms with Crippen LogP contribution in [0.3, 0.4) is 0 Å². The molecule has 1 fully saturated rings. The summed E-state index contributed by atoms with van der Waals surface area (Å²) in [6, 6.07) is 38.5. The van der Waals surface area contributed by atoms with Gasteiger partial charge in [-0.05, 0) is 59.2 Å². The number of nitrogens with zero attached hydrogens (tertiary/aromatic N) is 4. The number of aliphatic hydroxyl groups excluding tert-OH is 1. The SMILES string of the molecule is COc1ccc(C(OC[C@H]2O[C@@H](n3ccc4c(SCCC#N)nc(NC(=O)COc5ccccc5)nc43)C[C@@H]2O)(c2ccccc2)c2ccc(OC)cc2)cc1. The highest BCUT2D eigenvalue weighted by Gasteiger charge is 2.42. The number of benzene rings is 4. The number of carbonyl (C=O) groups is 1. The van der Waals surface area contributed by atoms with E-state index in [9.17, 15) is 15.2 Å². The summed E-state index contributed by atoms with van der Waals surface area (Å²) in [6.45, 7) is -0.197. The molecule has 4 aromatic carbocycles. The molecule has 0 spiro atoms. The second-order valence-corrected chi connectivity index (χ2v) is 14.1. The summed E-state index contributed by atoms with van der Waals surface area (Å²) in [5.74, 6) is 2.14. The number of rotatable bonds is 16. The molecule has 1 aliphatic heterocycles. The minimum Gasteiger partial charge on any atom is -0.497 e. The molecule has 0 bridgehead atoms. The number of carbonyl (C=O) groups excluding carboxylic acids is 1. The third-order valence-corrected chi connectivity index (χ3v) is 10.5. The van der Waals surface area contributed by atoms with E-state index >= 15 is 0 Å². The van der Waals surface area contributed by atoms with Gasteiger partial charge in [0, 0.05) is 24.8 Å². The molecule has 0 saturated carbocycles. The Morgan fingerprint density at radius 1 is 0.893 bits per heavy atom. The monoisotopic (exact) mass is 771 g/mol. The van der Waals surface area contributed by atoms with Crippen molar-refractivity contribution in [3.8, 4) is 23.3 Å². The van der Waals surface area contributed by atoms with Crippen molar-refractivity contribution in [2.24, 2.45) is 0 Å². The van der Waals surface area contributed by atoms with Gasteiger partial charge in [0.1, 0.15) is 45.9 Å². The Kier molecular flexibility index (Phi) is 12.1. The number of ether oxygens (including phenoxy) is 5. The molecular weight excluding hydrogens is 731 g/mol. The largest absolute Gasteiger partial charge is 0.497 e. The summed E-state index contributed by atoms with van der Waals surface area (Å²) < 4.78 is 32.0. The van der Waals surface area contributed by atoms with Crippen LogP contribution in [0.4, 0.5) is 5.95 Å². The average molecular weight is 772 g/mol. The third-order valence-electron chi connectivity index (χ3n) is 9.51. The summed E-state index contributed by atoms with van der Waals surface area (Å²) in [6.07, 6.45) is 0.216. The fraction of sp³-hybridized carbons (Fsp3) is 0.256. The normalized spacial score (nSPS) is 16.6. The molecule has 7 rings (SSSR count). The maximum absolute atomic E-state index is 12.9. The second-order valence-electron chi connectivity index (χ2n) is 13.0. The van der Waals surface area contributed by atoms with Gasteiger partial charge in [-0.25, -0.2) is 4.98 Å². The first-order valence-electron chi connectivity index (χ1n) is 18.1. The van der Waals surface area contributed by atoms with Gasteiger partial charge in [0.15, 0.2) is 6.61 Å². The van der Waals surface area contributed by atoms with E-state index in [0.29, 0.717) is 40.1 Å². The maximum atomic E-state index is 12.9. The lowest BCUT2D eigenvalue weighted by Crippen LogP contribution is -2.38. The first-order valence-corrected chi connectivity index (χ1v) is 19.1. The third kappa shape index (κ3) is 8.34. The topological polar surface area (TPSA) is 150 Å². The van der Waals surface area contributed by atoms with E-state index < -0.39 is 29.9 Å². The van der Waals surface area contributed by atoms with Crippen LogP contribution in [0.15, 0.2) is 126 Å². The van der Waals surface area contributed by atoms with Crippen LogP contribution in [0.1, 0.15) is 35.8 Å². The zero-order valence-electron chi connectivity index (χ0n) is 30.9. The summed E-state index contributed by atoms with van der Waals surface area (Å²) >= 11 is 1.40. The zero-order valence-corrected chi connectivity index (χ0v) is 31.7. The standard InChI is InChI=1S/C43H41N5O7S/c1-51-32-18-14-30(15-19-32)43(29-10-5-3-6-11-29,31-16-20-33(52-2)21-17-31)54-27-37-36(49)26-39(55-37)48-24-22-35-40(48)46-42(47-41(35)56-25-9-23-44)45-38(50)28-53-34-12-7-4-8-13-34/h3-8,10-22,24,36-37,39,49H,9,25-28H2,1-2H3,(H,45,46,47,50)/t36-,37+,39+/m0/s1. The number of aromatic nitrogens is 3. The van der Waals surface area contributed by atoms with Crippen molar-refractivity contribution < 1.29 is 33.6 Å². The number of nitrogens with one attached hydrogen (secondary N) is 1. The summed E-state index contributed by atoms with van der Waals surface area (Å²) in [5, 5.41) is 24.8. The molecular formula is C43H41N5O7S. The summed E-state index contributed by atoms with van der Waals surface area (Å²) in [5.41, 5.74) is 2.01. The molecule has 3 heterocycles. The van der Waals surface area contributed by atoms with Crippen LogP contribution < -0.4 is 19.5 Å². The van der Waals surface area contributed by atoms with Crippen LogP contribution >= 0.6 is 11.8 Å². The Morgan fingerprint density at radius 3 is 2.14 bits per heavy atom. The number of aliphatic hydroxyl groups is 1. The smallest absolute Gasteiger partial charge is 0.264 e. The van der Waals surface area contributed by atoms with E-state index in [4.69, 9.17) is 28.7 Å². The van der Waals surface area contributed by atoms with E-state index in [0.717, 1.165) is 22.1 Å². The van der Waals surface area contributed by atoms with Gasteiger partial charge in [0.05, 0.1) is 38.4 Å².